The summed E-state index contributed by atoms with van der Waals surface area (Å²) in [7, 11) is 0. The molecule has 0 radical (unpaired) electrons. The third-order valence-electron chi connectivity index (χ3n) is 6.35. The van der Waals surface area contributed by atoms with Crippen LogP contribution < -0.4 is 15.8 Å². The van der Waals surface area contributed by atoms with Gasteiger partial charge in [-0.15, -0.1) is 0 Å². The molecule has 39 heavy (non-hydrogen) atoms. The van der Waals surface area contributed by atoms with Crippen LogP contribution in [0.5, 0.6) is 5.75 Å². The third kappa shape index (κ3) is 7.41. The van der Waals surface area contributed by atoms with E-state index >= 15 is 0 Å². The van der Waals surface area contributed by atoms with Crippen molar-refractivity contribution in [2.24, 2.45) is 11.7 Å². The minimum absolute atomic E-state index is 0.0240. The Kier molecular flexibility index (Phi) is 8.06. The molecule has 4 rings (SSSR count). The number of aliphatic hydroxyl groups is 1. The first-order valence-corrected chi connectivity index (χ1v) is 13.2. The highest BCUT2D eigenvalue weighted by atomic mass is 16.6. The summed E-state index contributed by atoms with van der Waals surface area (Å²) in [6.45, 7) is 9.09. The molecule has 0 aliphatic heterocycles. The van der Waals surface area contributed by atoms with Crippen LogP contribution in [0.1, 0.15) is 70.7 Å². The third-order valence-corrected chi connectivity index (χ3v) is 6.35. The van der Waals surface area contributed by atoms with Gasteiger partial charge in [0.2, 0.25) is 0 Å². The predicted octanol–water partition coefficient (Wildman–Crippen LogP) is 4.25. The van der Waals surface area contributed by atoms with Gasteiger partial charge in [-0.3, -0.25) is 9.59 Å². The molecule has 1 fully saturated rings. The van der Waals surface area contributed by atoms with E-state index in [4.69, 9.17) is 20.2 Å². The van der Waals surface area contributed by atoms with Gasteiger partial charge >= 0.3 is 5.97 Å². The topological polar surface area (TPSA) is 150 Å². The molecule has 10 heteroatoms. The van der Waals surface area contributed by atoms with Gasteiger partial charge in [0.1, 0.15) is 35.3 Å². The quantitative estimate of drug-likeness (QED) is 0.360. The molecule has 2 aromatic heterocycles. The Balaban J connectivity index is 1.62. The van der Waals surface area contributed by atoms with Gasteiger partial charge < -0.3 is 25.6 Å². The van der Waals surface area contributed by atoms with Crippen LogP contribution in [0.25, 0.3) is 22.3 Å². The number of rotatable bonds is 8. The van der Waals surface area contributed by atoms with Crippen LogP contribution in [0.3, 0.4) is 0 Å². The van der Waals surface area contributed by atoms with E-state index in [9.17, 15) is 14.7 Å². The number of hydrogen-bond donors (Lipinski definition) is 3. The lowest BCUT2D eigenvalue weighted by Gasteiger charge is -2.31. The van der Waals surface area contributed by atoms with Crippen molar-refractivity contribution < 1.29 is 24.2 Å². The molecule has 3 aromatic rings. The number of fused-ring (bicyclic) bond motifs is 1. The summed E-state index contributed by atoms with van der Waals surface area (Å²) >= 11 is 0. The summed E-state index contributed by atoms with van der Waals surface area (Å²) in [5.74, 6) is 0.0584. The van der Waals surface area contributed by atoms with Gasteiger partial charge in [-0.2, -0.15) is 0 Å². The molecule has 0 bridgehead atoms. The lowest BCUT2D eigenvalue weighted by molar-refractivity contribution is -0.161. The molecule has 1 amide bonds. The Morgan fingerprint density at radius 1 is 1.08 bits per heavy atom. The van der Waals surface area contributed by atoms with E-state index in [1.807, 2.05) is 32.9 Å². The Morgan fingerprint density at radius 2 is 1.79 bits per heavy atom. The van der Waals surface area contributed by atoms with E-state index in [2.05, 4.69) is 15.3 Å². The second-order valence-electron chi connectivity index (χ2n) is 11.7. The largest absolute Gasteiger partial charge is 0.491 e. The van der Waals surface area contributed by atoms with E-state index in [0.29, 0.717) is 34.7 Å². The lowest BCUT2D eigenvalue weighted by Crippen LogP contribution is -2.35. The van der Waals surface area contributed by atoms with Crippen LogP contribution in [0.2, 0.25) is 0 Å². The Bertz CT molecular complexity index is 1350. The number of nitrogens with two attached hydrogens (primary N) is 1. The van der Waals surface area contributed by atoms with E-state index in [1.54, 1.807) is 32.0 Å². The Morgan fingerprint density at radius 3 is 2.44 bits per heavy atom. The van der Waals surface area contributed by atoms with Crippen LogP contribution in [0.15, 0.2) is 36.7 Å². The lowest BCUT2D eigenvalue weighted by atomic mass is 9.85. The molecule has 1 unspecified atom stereocenters. The molecule has 1 aliphatic rings. The number of ether oxygens (including phenoxy) is 2. The van der Waals surface area contributed by atoms with Crippen molar-refractivity contribution in [1.82, 2.24) is 15.0 Å². The number of aromatic nitrogens is 3. The highest BCUT2D eigenvalue weighted by Gasteiger charge is 2.31. The second kappa shape index (κ2) is 11.1. The first kappa shape index (κ1) is 28.2. The molecule has 1 aliphatic carbocycles. The zero-order chi connectivity index (χ0) is 28.4. The second-order valence-corrected chi connectivity index (χ2v) is 11.7. The number of esters is 1. The maximum absolute atomic E-state index is 12.7. The minimum atomic E-state index is -0.955. The first-order valence-electron chi connectivity index (χ1n) is 13.2. The summed E-state index contributed by atoms with van der Waals surface area (Å²) in [5, 5.41) is 13.3. The van der Waals surface area contributed by atoms with Crippen molar-refractivity contribution >= 4 is 28.7 Å². The van der Waals surface area contributed by atoms with Gasteiger partial charge in [0.05, 0.1) is 22.8 Å². The van der Waals surface area contributed by atoms with E-state index in [0.717, 1.165) is 24.8 Å². The SMILES string of the molecule is CC(C)(O)COc1ccc(-c2cc(C(N)=O)c3ncnc(N[C@H]4CCCC(C(=O)OC(C)(C)C)C4)c3n2)cc1. The van der Waals surface area contributed by atoms with Gasteiger partial charge in [-0.05, 0) is 84.2 Å². The van der Waals surface area contributed by atoms with Gasteiger partial charge in [-0.1, -0.05) is 6.42 Å². The van der Waals surface area contributed by atoms with Crippen molar-refractivity contribution in [3.8, 4) is 17.0 Å². The molecular weight excluding hydrogens is 498 g/mol. The number of nitrogens with one attached hydrogen (secondary N) is 1. The Hall–Kier alpha value is -3.79. The van der Waals surface area contributed by atoms with Crippen LogP contribution in [-0.4, -0.2) is 55.8 Å². The number of benzene rings is 1. The Labute approximate surface area is 228 Å². The number of carbonyl (C=O) groups is 2. The number of primary amides is 1. The zero-order valence-corrected chi connectivity index (χ0v) is 23.2. The van der Waals surface area contributed by atoms with Crippen molar-refractivity contribution in [2.75, 3.05) is 11.9 Å². The fourth-order valence-corrected chi connectivity index (χ4v) is 4.58. The van der Waals surface area contributed by atoms with Gasteiger partial charge in [0.25, 0.3) is 5.91 Å². The van der Waals surface area contributed by atoms with E-state index in [1.165, 1.54) is 6.33 Å². The number of nitrogens with zero attached hydrogens (tertiary/aromatic N) is 3. The normalized spacial score (nSPS) is 18.0. The zero-order valence-electron chi connectivity index (χ0n) is 23.2. The molecule has 2 heterocycles. The van der Waals surface area contributed by atoms with Crippen LogP contribution in [-0.2, 0) is 9.53 Å². The summed E-state index contributed by atoms with van der Waals surface area (Å²) in [6, 6.07) is 8.79. The summed E-state index contributed by atoms with van der Waals surface area (Å²) in [5.41, 5.74) is 6.51. The fraction of sp³-hybridized carbons (Fsp3) is 0.483. The van der Waals surface area contributed by atoms with Crippen LogP contribution in [0, 0.1) is 5.92 Å². The summed E-state index contributed by atoms with van der Waals surface area (Å²) in [6.07, 6.45) is 4.49. The smallest absolute Gasteiger partial charge is 0.309 e. The monoisotopic (exact) mass is 535 g/mol. The first-order chi connectivity index (χ1) is 18.3. The van der Waals surface area contributed by atoms with E-state index < -0.39 is 17.1 Å². The number of carbonyl (C=O) groups excluding carboxylic acids is 2. The summed E-state index contributed by atoms with van der Waals surface area (Å²) in [4.78, 5) is 38.6. The molecule has 10 nitrogen and oxygen atoms in total. The van der Waals surface area contributed by atoms with Crippen molar-refractivity contribution in [3.63, 3.8) is 0 Å². The number of amides is 1. The van der Waals surface area contributed by atoms with Crippen molar-refractivity contribution in [3.05, 3.63) is 42.2 Å². The molecule has 0 saturated heterocycles. The number of pyridine rings is 1. The maximum Gasteiger partial charge on any atom is 0.309 e. The fourth-order valence-electron chi connectivity index (χ4n) is 4.58. The van der Waals surface area contributed by atoms with Gasteiger partial charge in [0, 0.05) is 11.6 Å². The van der Waals surface area contributed by atoms with Gasteiger partial charge in [-0.25, -0.2) is 15.0 Å². The van der Waals surface area contributed by atoms with Crippen LogP contribution in [0.4, 0.5) is 5.82 Å². The highest BCUT2D eigenvalue weighted by molar-refractivity contribution is 6.06. The molecule has 1 aromatic carbocycles. The predicted molar refractivity (Wildman–Crippen MR) is 148 cm³/mol. The molecular formula is C29H37N5O5. The van der Waals surface area contributed by atoms with E-state index in [-0.39, 0.29) is 30.1 Å². The average molecular weight is 536 g/mol. The van der Waals surface area contributed by atoms with Gasteiger partial charge in [0.15, 0.2) is 5.82 Å². The summed E-state index contributed by atoms with van der Waals surface area (Å²) < 4.78 is 11.3. The molecule has 1 saturated carbocycles. The standard InChI is InChI=1S/C29H37N5O5/c1-28(2,3)39-27(36)18-7-6-8-19(13-18)33-26-24-23(31-16-32-26)21(25(30)35)14-22(34-24)17-9-11-20(12-10-17)38-15-29(4,5)37/h9-12,14,16,18-19,37H,6-8,13,15H2,1-5H3,(H2,30,35)(H,31,32,33)/t18?,19-/m0/s1. The molecule has 4 N–H and O–H groups in total. The number of hydrogen-bond acceptors (Lipinski definition) is 9. The van der Waals surface area contributed by atoms with Crippen molar-refractivity contribution in [1.29, 1.82) is 0 Å². The van der Waals surface area contributed by atoms with Crippen LogP contribution >= 0.6 is 0 Å². The molecule has 2 atom stereocenters. The molecule has 208 valence electrons. The highest BCUT2D eigenvalue weighted by Crippen LogP contribution is 2.32. The molecule has 0 spiro atoms. The average Bonchev–Trinajstić information content (AvgIpc) is 2.86. The van der Waals surface area contributed by atoms with Crippen molar-refractivity contribution in [2.45, 2.75) is 77.5 Å². The maximum atomic E-state index is 12.7. The number of anilines is 1. The minimum Gasteiger partial charge on any atom is -0.491 e.